The summed E-state index contributed by atoms with van der Waals surface area (Å²) in [4.78, 5) is 0. The number of hydrazone groups is 1. The van der Waals surface area contributed by atoms with Crippen molar-refractivity contribution in [2.24, 2.45) is 16.9 Å². The summed E-state index contributed by atoms with van der Waals surface area (Å²) in [5.41, 5.74) is 5.07. The Morgan fingerprint density at radius 1 is 1.29 bits per heavy atom. The van der Waals surface area contributed by atoms with E-state index in [0.29, 0.717) is 17.1 Å². The Morgan fingerprint density at radius 2 is 1.96 bits per heavy atom. The van der Waals surface area contributed by atoms with Crippen LogP contribution in [0.1, 0.15) is 29.5 Å². The predicted octanol–water partition coefficient (Wildman–Crippen LogP) is 1.82. The molecule has 3 atom stereocenters. The fourth-order valence-corrected chi connectivity index (χ4v) is 6.79. The number of rotatable bonds is 3. The molecule has 2 fully saturated rings. The molecule has 4 rings (SSSR count). The average molecular weight is 416 g/mol. The zero-order valence-electron chi connectivity index (χ0n) is 15.5. The standard InChI is InChI=1S/C18H23F3N4O2S/c1-22-23-9-12-2-3-13-7-15-4-5-16(8-14(13)6-12)17(15)10-25(11-18(19,20)21)28(26,27)24-17/h2-3,6,9,15-16,22,24H,4-5,7-8,10-11H2,1H3/b23-9+/t15-,16+,17+/m0/s1. The van der Waals surface area contributed by atoms with Crippen molar-refractivity contribution in [1.82, 2.24) is 14.5 Å². The Labute approximate surface area is 162 Å². The Bertz CT molecular complexity index is 903. The fourth-order valence-electron chi connectivity index (χ4n) is 5.08. The molecule has 28 heavy (non-hydrogen) atoms. The molecule has 1 aromatic carbocycles. The number of nitrogens with one attached hydrogen (secondary N) is 2. The van der Waals surface area contributed by atoms with Crippen LogP contribution < -0.4 is 10.1 Å². The van der Waals surface area contributed by atoms with Crippen LogP contribution in [0.3, 0.4) is 0 Å². The third-order valence-corrected chi connectivity index (χ3v) is 7.85. The van der Waals surface area contributed by atoms with Gasteiger partial charge in [-0.1, -0.05) is 12.1 Å². The maximum absolute atomic E-state index is 12.9. The van der Waals surface area contributed by atoms with Gasteiger partial charge in [-0.25, -0.2) is 0 Å². The molecule has 2 aliphatic carbocycles. The molecule has 1 spiro atoms. The van der Waals surface area contributed by atoms with E-state index in [9.17, 15) is 21.6 Å². The minimum atomic E-state index is -4.56. The maximum Gasteiger partial charge on any atom is 0.402 e. The molecular weight excluding hydrogens is 393 g/mol. The number of alkyl halides is 3. The zero-order chi connectivity index (χ0) is 20.2. The Kier molecular flexibility index (Phi) is 4.71. The lowest BCUT2D eigenvalue weighted by Crippen LogP contribution is -2.52. The van der Waals surface area contributed by atoms with Crippen LogP contribution in [-0.4, -0.2) is 50.8 Å². The highest BCUT2D eigenvalue weighted by Crippen LogP contribution is 2.50. The lowest BCUT2D eigenvalue weighted by molar-refractivity contribution is -0.136. The smallest absolute Gasteiger partial charge is 0.313 e. The third-order valence-electron chi connectivity index (χ3n) is 6.28. The van der Waals surface area contributed by atoms with E-state index in [-0.39, 0.29) is 18.4 Å². The number of fused-ring (bicyclic) bond motifs is 1. The van der Waals surface area contributed by atoms with Crippen LogP contribution in [0, 0.1) is 11.8 Å². The molecule has 1 heterocycles. The highest BCUT2D eigenvalue weighted by Gasteiger charge is 2.60. The average Bonchev–Trinajstić information content (AvgIpc) is 2.97. The van der Waals surface area contributed by atoms with Gasteiger partial charge in [-0.05, 0) is 60.3 Å². The first-order chi connectivity index (χ1) is 13.1. The van der Waals surface area contributed by atoms with Gasteiger partial charge in [0.1, 0.15) is 6.54 Å². The molecule has 1 aliphatic heterocycles. The highest BCUT2D eigenvalue weighted by molar-refractivity contribution is 7.87. The summed E-state index contributed by atoms with van der Waals surface area (Å²) >= 11 is 0. The van der Waals surface area contributed by atoms with Gasteiger partial charge in [0.15, 0.2) is 0 Å². The van der Waals surface area contributed by atoms with Crippen molar-refractivity contribution in [1.29, 1.82) is 0 Å². The van der Waals surface area contributed by atoms with Gasteiger partial charge in [0.2, 0.25) is 0 Å². The first kappa shape index (κ1) is 19.7. The van der Waals surface area contributed by atoms with Gasteiger partial charge >= 0.3 is 6.18 Å². The largest absolute Gasteiger partial charge is 0.402 e. The van der Waals surface area contributed by atoms with Crippen LogP contribution in [0.5, 0.6) is 0 Å². The monoisotopic (exact) mass is 416 g/mol. The summed E-state index contributed by atoms with van der Waals surface area (Å²) in [5, 5.41) is 4.02. The lowest BCUT2D eigenvalue weighted by atomic mass is 9.79. The van der Waals surface area contributed by atoms with E-state index >= 15 is 0 Å². The minimum absolute atomic E-state index is 0.0106. The highest BCUT2D eigenvalue weighted by atomic mass is 32.2. The second-order valence-corrected chi connectivity index (χ2v) is 9.59. The summed E-state index contributed by atoms with van der Waals surface area (Å²) in [6, 6.07) is 6.03. The lowest BCUT2D eigenvalue weighted by Gasteiger charge is -2.33. The number of hydrogen-bond acceptors (Lipinski definition) is 4. The molecule has 0 radical (unpaired) electrons. The van der Waals surface area contributed by atoms with Gasteiger partial charge in [0.25, 0.3) is 10.2 Å². The quantitative estimate of drug-likeness (QED) is 0.583. The molecule has 0 aromatic heterocycles. The number of nitrogens with zero attached hydrogens (tertiary/aromatic N) is 2. The van der Waals surface area contributed by atoms with Gasteiger partial charge in [-0.2, -0.15) is 35.7 Å². The summed E-state index contributed by atoms with van der Waals surface area (Å²) in [6.45, 7) is -1.56. The van der Waals surface area contributed by atoms with E-state index in [0.717, 1.165) is 29.5 Å². The van der Waals surface area contributed by atoms with Crippen molar-refractivity contribution < 1.29 is 21.6 Å². The second-order valence-electron chi connectivity index (χ2n) is 7.92. The van der Waals surface area contributed by atoms with Crippen molar-refractivity contribution in [2.75, 3.05) is 20.1 Å². The molecule has 1 saturated heterocycles. The van der Waals surface area contributed by atoms with Gasteiger partial charge in [-0.15, -0.1) is 0 Å². The van der Waals surface area contributed by atoms with Crippen molar-refractivity contribution in [3.05, 3.63) is 34.9 Å². The Morgan fingerprint density at radius 3 is 2.61 bits per heavy atom. The molecular formula is C18H23F3N4O2S. The van der Waals surface area contributed by atoms with E-state index in [1.807, 2.05) is 18.2 Å². The normalized spacial score (nSPS) is 32.0. The summed E-state index contributed by atoms with van der Waals surface area (Å²) in [5.74, 6) is -0.0353. The minimum Gasteiger partial charge on any atom is -0.313 e. The summed E-state index contributed by atoms with van der Waals surface area (Å²) in [7, 11) is -2.43. The van der Waals surface area contributed by atoms with Gasteiger partial charge in [0, 0.05) is 13.6 Å². The molecule has 6 nitrogen and oxygen atoms in total. The van der Waals surface area contributed by atoms with Crippen LogP contribution in [0.15, 0.2) is 23.3 Å². The summed E-state index contributed by atoms with van der Waals surface area (Å²) in [6.07, 6.45) is 0.0843. The SMILES string of the molecule is CN/N=C/c1ccc2c(c1)C[C@H]1CC[C@@H](C2)[C@]12CN(CC(F)(F)F)S(=O)(=O)N2. The van der Waals surface area contributed by atoms with Gasteiger partial charge in [0.05, 0.1) is 11.8 Å². The molecule has 1 saturated carbocycles. The molecule has 0 unspecified atom stereocenters. The molecule has 10 heteroatoms. The van der Waals surface area contributed by atoms with Crippen molar-refractivity contribution >= 4 is 16.4 Å². The number of halogens is 3. The molecule has 2 N–H and O–H groups in total. The maximum atomic E-state index is 12.9. The molecule has 3 aliphatic rings. The Hall–Kier alpha value is -1.65. The Balaban J connectivity index is 1.66. The van der Waals surface area contributed by atoms with Crippen LogP contribution in [0.2, 0.25) is 0 Å². The first-order valence-corrected chi connectivity index (χ1v) is 10.7. The predicted molar refractivity (Wildman–Crippen MR) is 99.1 cm³/mol. The van der Waals surface area contributed by atoms with E-state index < -0.39 is 28.5 Å². The van der Waals surface area contributed by atoms with Crippen LogP contribution in [0.25, 0.3) is 0 Å². The van der Waals surface area contributed by atoms with Crippen molar-refractivity contribution in [3.8, 4) is 0 Å². The van der Waals surface area contributed by atoms with Crippen LogP contribution in [0.4, 0.5) is 13.2 Å². The molecule has 0 amide bonds. The zero-order valence-corrected chi connectivity index (χ0v) is 16.3. The van der Waals surface area contributed by atoms with Crippen LogP contribution >= 0.6 is 0 Å². The first-order valence-electron chi connectivity index (χ1n) is 9.30. The number of benzene rings is 1. The van der Waals surface area contributed by atoms with E-state index in [4.69, 9.17) is 0 Å². The summed E-state index contributed by atoms with van der Waals surface area (Å²) < 4.78 is 66.9. The van der Waals surface area contributed by atoms with Gasteiger partial charge < -0.3 is 5.43 Å². The van der Waals surface area contributed by atoms with Crippen molar-refractivity contribution in [2.45, 2.75) is 37.4 Å². The second kappa shape index (κ2) is 6.70. The van der Waals surface area contributed by atoms with Crippen molar-refractivity contribution in [3.63, 3.8) is 0 Å². The van der Waals surface area contributed by atoms with E-state index in [2.05, 4.69) is 15.2 Å². The number of hydrogen-bond donors (Lipinski definition) is 2. The molecule has 2 bridgehead atoms. The van der Waals surface area contributed by atoms with Gasteiger partial charge in [-0.3, -0.25) is 0 Å². The molecule has 1 aromatic rings. The fraction of sp³-hybridized carbons (Fsp3) is 0.611. The van der Waals surface area contributed by atoms with E-state index in [1.54, 1.807) is 13.3 Å². The van der Waals surface area contributed by atoms with Crippen LogP contribution in [-0.2, 0) is 23.1 Å². The third kappa shape index (κ3) is 3.42. The topological polar surface area (TPSA) is 73.8 Å². The van der Waals surface area contributed by atoms with E-state index in [1.165, 1.54) is 0 Å². The molecule has 154 valence electrons.